The fraction of sp³-hybridized carbons (Fsp3) is 0.0179. The number of benzene rings is 9. The van der Waals surface area contributed by atoms with E-state index in [1.807, 2.05) is 60.7 Å². The molecule has 9 aromatic carbocycles. The van der Waals surface area contributed by atoms with Gasteiger partial charge in [-0.2, -0.15) is 9.97 Å². The number of para-hydroxylation sites is 1. The summed E-state index contributed by atoms with van der Waals surface area (Å²) in [6, 6.07) is 73.5. The summed E-state index contributed by atoms with van der Waals surface area (Å²) in [5, 5.41) is 7.23. The molecule has 0 aliphatic heterocycles. The smallest absolute Gasteiger partial charge is 0.238 e. The normalized spacial score (nSPS) is 11.7. The summed E-state index contributed by atoms with van der Waals surface area (Å²) < 4.78 is 4.61. The Morgan fingerprint density at radius 3 is 1.59 bits per heavy atom. The summed E-state index contributed by atoms with van der Waals surface area (Å²) in [7, 11) is 0. The topological polar surface area (TPSA) is 48.5 Å². The Bertz CT molecular complexity index is 3600. The van der Waals surface area contributed by atoms with Crippen LogP contribution in [0.3, 0.4) is 0 Å². The summed E-state index contributed by atoms with van der Waals surface area (Å²) in [4.78, 5) is 15.2. The molecule has 0 spiro atoms. The molecule has 5 nitrogen and oxygen atoms in total. The van der Waals surface area contributed by atoms with Crippen molar-refractivity contribution in [2.75, 3.05) is 0 Å². The maximum absolute atomic E-state index is 5.13. The van der Waals surface area contributed by atoms with Gasteiger partial charge in [-0.15, -0.1) is 0 Å². The van der Waals surface area contributed by atoms with Crippen LogP contribution in [-0.4, -0.2) is 24.1 Å². The van der Waals surface area contributed by atoms with Gasteiger partial charge in [0.05, 0.1) is 22.1 Å². The first-order chi connectivity index (χ1) is 30.1. The van der Waals surface area contributed by atoms with Crippen LogP contribution < -0.4 is 0 Å². The lowest BCUT2D eigenvalue weighted by atomic mass is 9.99. The zero-order chi connectivity index (χ0) is 40.4. The first kappa shape index (κ1) is 34.9. The minimum absolute atomic E-state index is 0.583. The van der Waals surface area contributed by atoms with E-state index in [-0.39, 0.29) is 0 Å². The molecule has 0 N–H and O–H groups in total. The number of fused-ring (bicyclic) bond motifs is 8. The molecule has 3 heterocycles. The molecule has 0 unspecified atom stereocenters. The second kappa shape index (κ2) is 14.0. The van der Waals surface area contributed by atoms with Crippen LogP contribution in [0, 0.1) is 6.92 Å². The molecule has 12 aromatic rings. The zero-order valence-electron chi connectivity index (χ0n) is 33.4. The van der Waals surface area contributed by atoms with E-state index >= 15 is 0 Å². The van der Waals surface area contributed by atoms with E-state index in [1.165, 1.54) is 49.3 Å². The highest BCUT2D eigenvalue weighted by Gasteiger charge is 2.20. The standard InChI is InChI=1S/C56H37N5/c1-36-14-12-20-40(32-36)41-21-13-22-44(33-41)60-51-30-28-43(35-48(51)53-45-23-9-8-15-37(45)26-31-52(53)60)42-27-29-50-47(34-42)46-24-10-11-25-49(46)61(50)56-58-54(38-16-4-2-5-17-38)57-55(59-56)39-18-6-3-7-19-39/h2-35H,1H3. The van der Waals surface area contributed by atoms with Gasteiger partial charge in [-0.25, -0.2) is 4.98 Å². The van der Waals surface area contributed by atoms with Gasteiger partial charge in [-0.05, 0) is 88.5 Å². The molecule has 0 fully saturated rings. The maximum atomic E-state index is 5.13. The predicted octanol–water partition coefficient (Wildman–Crippen LogP) is 14.2. The second-order valence-electron chi connectivity index (χ2n) is 15.8. The number of nitrogens with zero attached hydrogens (tertiary/aromatic N) is 5. The lowest BCUT2D eigenvalue weighted by Gasteiger charge is -2.11. The highest BCUT2D eigenvalue weighted by Crippen LogP contribution is 2.41. The molecule has 0 aliphatic carbocycles. The van der Waals surface area contributed by atoms with Gasteiger partial charge >= 0.3 is 0 Å². The summed E-state index contributed by atoms with van der Waals surface area (Å²) >= 11 is 0. The van der Waals surface area contributed by atoms with Gasteiger partial charge in [0.15, 0.2) is 11.6 Å². The lowest BCUT2D eigenvalue weighted by molar-refractivity contribution is 0.953. The van der Waals surface area contributed by atoms with Crippen molar-refractivity contribution in [1.29, 1.82) is 0 Å². The Hall–Kier alpha value is -8.15. The van der Waals surface area contributed by atoms with Crippen LogP contribution in [0.15, 0.2) is 206 Å². The lowest BCUT2D eigenvalue weighted by Crippen LogP contribution is -2.06. The van der Waals surface area contributed by atoms with Gasteiger partial charge in [0.1, 0.15) is 0 Å². The summed E-state index contributed by atoms with van der Waals surface area (Å²) in [6.07, 6.45) is 0. The van der Waals surface area contributed by atoms with Crippen LogP contribution >= 0.6 is 0 Å². The van der Waals surface area contributed by atoms with Crippen molar-refractivity contribution in [2.24, 2.45) is 0 Å². The maximum Gasteiger partial charge on any atom is 0.238 e. The van der Waals surface area contributed by atoms with Gasteiger partial charge in [0.2, 0.25) is 5.95 Å². The molecule has 5 heteroatoms. The Balaban J connectivity index is 1.05. The number of rotatable bonds is 6. The Kier molecular flexibility index (Phi) is 8.00. The van der Waals surface area contributed by atoms with Crippen molar-refractivity contribution < 1.29 is 0 Å². The quantitative estimate of drug-likeness (QED) is 0.169. The monoisotopic (exact) mass is 779 g/mol. The third kappa shape index (κ3) is 5.82. The third-order valence-corrected chi connectivity index (χ3v) is 12.0. The molecule has 12 rings (SSSR count). The fourth-order valence-corrected chi connectivity index (χ4v) is 9.16. The van der Waals surface area contributed by atoms with E-state index in [1.54, 1.807) is 0 Å². The molecule has 0 aliphatic rings. The molecule has 3 aromatic heterocycles. The number of hydrogen-bond acceptors (Lipinski definition) is 3. The number of hydrogen-bond donors (Lipinski definition) is 0. The van der Waals surface area contributed by atoms with Gasteiger partial charge < -0.3 is 4.57 Å². The van der Waals surface area contributed by atoms with E-state index in [0.717, 1.165) is 49.7 Å². The van der Waals surface area contributed by atoms with Crippen LogP contribution in [0.25, 0.3) is 111 Å². The largest absolute Gasteiger partial charge is 0.309 e. The summed E-state index contributed by atoms with van der Waals surface area (Å²) in [6.45, 7) is 2.15. The Morgan fingerprint density at radius 1 is 0.328 bits per heavy atom. The molecule has 0 bridgehead atoms. The molecule has 0 radical (unpaired) electrons. The first-order valence-electron chi connectivity index (χ1n) is 20.7. The van der Waals surface area contributed by atoms with Crippen LogP contribution in [0.4, 0.5) is 0 Å². The first-order valence-corrected chi connectivity index (χ1v) is 20.7. The van der Waals surface area contributed by atoms with Crippen molar-refractivity contribution in [3.8, 4) is 56.7 Å². The highest BCUT2D eigenvalue weighted by atomic mass is 15.2. The molecule has 61 heavy (non-hydrogen) atoms. The average molecular weight is 780 g/mol. The molecular weight excluding hydrogens is 743 g/mol. The van der Waals surface area contributed by atoms with Gasteiger partial charge in [-0.3, -0.25) is 4.57 Å². The summed E-state index contributed by atoms with van der Waals surface area (Å²) in [5.41, 5.74) is 13.4. The van der Waals surface area contributed by atoms with Gasteiger partial charge in [0.25, 0.3) is 0 Å². The predicted molar refractivity (Wildman–Crippen MR) is 252 cm³/mol. The van der Waals surface area contributed by atoms with Crippen LogP contribution in [0.2, 0.25) is 0 Å². The molecular formula is C56H37N5. The Labute approximate surface area is 352 Å². The van der Waals surface area contributed by atoms with Crippen molar-refractivity contribution in [1.82, 2.24) is 24.1 Å². The highest BCUT2D eigenvalue weighted by molar-refractivity contribution is 6.22. The second-order valence-corrected chi connectivity index (χ2v) is 15.8. The zero-order valence-corrected chi connectivity index (χ0v) is 33.4. The van der Waals surface area contributed by atoms with Gasteiger partial charge in [-0.1, -0.05) is 163 Å². The van der Waals surface area contributed by atoms with E-state index in [2.05, 4.69) is 162 Å². The fourth-order valence-electron chi connectivity index (χ4n) is 9.16. The minimum atomic E-state index is 0.583. The van der Waals surface area contributed by atoms with E-state index in [0.29, 0.717) is 17.6 Å². The number of aromatic nitrogens is 5. The van der Waals surface area contributed by atoms with Crippen molar-refractivity contribution in [3.63, 3.8) is 0 Å². The number of aryl methyl sites for hydroxylation is 1. The molecule has 0 saturated heterocycles. The van der Waals surface area contributed by atoms with Crippen LogP contribution in [-0.2, 0) is 0 Å². The molecule has 0 saturated carbocycles. The van der Waals surface area contributed by atoms with Crippen molar-refractivity contribution >= 4 is 54.4 Å². The third-order valence-electron chi connectivity index (χ3n) is 12.0. The van der Waals surface area contributed by atoms with E-state index < -0.39 is 0 Å². The van der Waals surface area contributed by atoms with E-state index in [9.17, 15) is 0 Å². The molecule has 286 valence electrons. The van der Waals surface area contributed by atoms with Gasteiger partial charge in [0, 0.05) is 38.4 Å². The molecule has 0 atom stereocenters. The Morgan fingerprint density at radius 2 is 0.869 bits per heavy atom. The average Bonchev–Trinajstić information content (AvgIpc) is 3.84. The van der Waals surface area contributed by atoms with E-state index in [4.69, 9.17) is 15.0 Å². The molecule has 0 amide bonds. The minimum Gasteiger partial charge on any atom is -0.309 e. The van der Waals surface area contributed by atoms with Crippen molar-refractivity contribution in [3.05, 3.63) is 212 Å². The SMILES string of the molecule is Cc1cccc(-c2cccc(-n3c4ccc(-c5ccc6c(c5)c5ccccc5n6-c5nc(-c6ccccc6)nc(-c6ccccc6)n5)cc4c4c5ccccc5ccc43)c2)c1. The van der Waals surface area contributed by atoms with Crippen LogP contribution in [0.1, 0.15) is 5.56 Å². The van der Waals surface area contributed by atoms with Crippen molar-refractivity contribution in [2.45, 2.75) is 6.92 Å². The summed E-state index contributed by atoms with van der Waals surface area (Å²) in [5.74, 6) is 1.85. The van der Waals surface area contributed by atoms with Crippen LogP contribution in [0.5, 0.6) is 0 Å².